The molecule has 0 amide bonds. The molecule has 4 aromatic rings. The van der Waals surface area contributed by atoms with Gasteiger partial charge in [-0.15, -0.1) is 0 Å². The molecule has 0 spiro atoms. The smallest absolute Gasteiger partial charge is 0.123 e. The van der Waals surface area contributed by atoms with Gasteiger partial charge >= 0.3 is 0 Å². The summed E-state index contributed by atoms with van der Waals surface area (Å²) in [5.74, 6) is 1.15. The highest BCUT2D eigenvalue weighted by Gasteiger charge is 2.42. The molecule has 1 aliphatic rings. The Kier molecular flexibility index (Phi) is 4.32. The van der Waals surface area contributed by atoms with Crippen LogP contribution in [-0.4, -0.2) is 12.2 Å². The molecular formula is C28H26O2. The lowest BCUT2D eigenvalue weighted by atomic mass is 9.73. The first kappa shape index (κ1) is 18.7. The predicted octanol–water partition coefficient (Wildman–Crippen LogP) is 7.31. The summed E-state index contributed by atoms with van der Waals surface area (Å²) >= 11 is 0. The van der Waals surface area contributed by atoms with Crippen LogP contribution in [0.5, 0.6) is 11.5 Å². The van der Waals surface area contributed by atoms with E-state index in [1.165, 1.54) is 33.4 Å². The quantitative estimate of drug-likeness (QED) is 0.393. The third-order valence-corrected chi connectivity index (χ3v) is 6.96. The van der Waals surface area contributed by atoms with Gasteiger partial charge in [0.2, 0.25) is 0 Å². The van der Waals surface area contributed by atoms with Gasteiger partial charge < -0.3 is 9.84 Å². The molecule has 0 aromatic heterocycles. The molecule has 0 saturated heterocycles. The Morgan fingerprint density at radius 3 is 2.23 bits per heavy atom. The fourth-order valence-electron chi connectivity index (χ4n) is 5.31. The summed E-state index contributed by atoms with van der Waals surface area (Å²) in [6.45, 7) is 4.51. The normalized spacial score (nSPS) is 13.8. The summed E-state index contributed by atoms with van der Waals surface area (Å²) in [5.41, 5.74) is 7.45. The van der Waals surface area contributed by atoms with E-state index in [1.807, 2.05) is 18.2 Å². The Bertz CT molecular complexity index is 1250. The minimum atomic E-state index is -0.107. The van der Waals surface area contributed by atoms with Gasteiger partial charge in [-0.1, -0.05) is 56.3 Å². The number of phenolic OH excluding ortho intramolecular Hbond substituents is 1. The highest BCUT2D eigenvalue weighted by Crippen LogP contribution is 2.57. The molecule has 2 heteroatoms. The van der Waals surface area contributed by atoms with Crippen molar-refractivity contribution in [1.29, 1.82) is 0 Å². The standard InChI is InChI=1S/C28H26O2/c1-4-28(5-2)24-15-19(18-9-7-6-8-10-18)11-13-22(24)27-23-16-20(30-3)12-14-21(23)26(29)17-25(27)28/h6-17,29H,4-5H2,1-3H3. The van der Waals surface area contributed by atoms with Crippen molar-refractivity contribution < 1.29 is 9.84 Å². The van der Waals surface area contributed by atoms with E-state index in [0.717, 1.165) is 29.4 Å². The van der Waals surface area contributed by atoms with E-state index in [4.69, 9.17) is 4.74 Å². The van der Waals surface area contributed by atoms with E-state index >= 15 is 0 Å². The van der Waals surface area contributed by atoms with Crippen molar-refractivity contribution in [3.63, 3.8) is 0 Å². The molecule has 0 aliphatic heterocycles. The summed E-state index contributed by atoms with van der Waals surface area (Å²) in [5, 5.41) is 12.8. The van der Waals surface area contributed by atoms with Crippen LogP contribution in [0, 0.1) is 0 Å². The Morgan fingerprint density at radius 2 is 1.53 bits per heavy atom. The van der Waals surface area contributed by atoms with Crippen LogP contribution in [0.3, 0.4) is 0 Å². The van der Waals surface area contributed by atoms with Gasteiger partial charge in [-0.05, 0) is 81.9 Å². The van der Waals surface area contributed by atoms with Gasteiger partial charge in [0.05, 0.1) is 7.11 Å². The van der Waals surface area contributed by atoms with Crippen molar-refractivity contribution in [2.75, 3.05) is 7.11 Å². The largest absolute Gasteiger partial charge is 0.507 e. The molecular weight excluding hydrogens is 368 g/mol. The number of hydrogen-bond acceptors (Lipinski definition) is 2. The van der Waals surface area contributed by atoms with Gasteiger partial charge in [0.25, 0.3) is 0 Å². The van der Waals surface area contributed by atoms with Gasteiger partial charge in [-0.25, -0.2) is 0 Å². The third-order valence-electron chi connectivity index (χ3n) is 6.96. The van der Waals surface area contributed by atoms with Crippen molar-refractivity contribution in [2.45, 2.75) is 32.1 Å². The monoisotopic (exact) mass is 394 g/mol. The zero-order valence-electron chi connectivity index (χ0n) is 17.7. The third kappa shape index (κ3) is 2.50. The van der Waals surface area contributed by atoms with E-state index in [0.29, 0.717) is 5.75 Å². The van der Waals surface area contributed by atoms with E-state index in [9.17, 15) is 5.11 Å². The van der Waals surface area contributed by atoms with Crippen molar-refractivity contribution in [3.05, 3.63) is 83.9 Å². The molecule has 1 N–H and O–H groups in total. The maximum atomic E-state index is 10.9. The lowest BCUT2D eigenvalue weighted by molar-refractivity contribution is 0.415. The molecule has 0 saturated carbocycles. The molecule has 30 heavy (non-hydrogen) atoms. The number of hydrogen-bond donors (Lipinski definition) is 1. The van der Waals surface area contributed by atoms with Gasteiger partial charge in [-0.2, -0.15) is 0 Å². The molecule has 0 radical (unpaired) electrons. The van der Waals surface area contributed by atoms with Crippen LogP contribution in [0.2, 0.25) is 0 Å². The average molecular weight is 395 g/mol. The number of aromatic hydroxyl groups is 1. The number of fused-ring (bicyclic) bond motifs is 5. The van der Waals surface area contributed by atoms with E-state index in [1.54, 1.807) is 7.11 Å². The average Bonchev–Trinajstić information content (AvgIpc) is 3.08. The minimum Gasteiger partial charge on any atom is -0.507 e. The number of rotatable bonds is 4. The summed E-state index contributed by atoms with van der Waals surface area (Å²) in [6, 6.07) is 25.3. The lowest BCUT2D eigenvalue weighted by Crippen LogP contribution is -2.23. The second-order valence-corrected chi connectivity index (χ2v) is 8.15. The summed E-state index contributed by atoms with van der Waals surface area (Å²) in [6.07, 6.45) is 1.97. The van der Waals surface area contributed by atoms with Gasteiger partial charge in [0.15, 0.2) is 0 Å². The van der Waals surface area contributed by atoms with Crippen LogP contribution in [-0.2, 0) is 5.41 Å². The topological polar surface area (TPSA) is 29.5 Å². The molecule has 4 aromatic carbocycles. The second-order valence-electron chi connectivity index (χ2n) is 8.15. The van der Waals surface area contributed by atoms with Crippen LogP contribution >= 0.6 is 0 Å². The van der Waals surface area contributed by atoms with Crippen LogP contribution in [0.1, 0.15) is 37.8 Å². The molecule has 0 unspecified atom stereocenters. The van der Waals surface area contributed by atoms with Crippen molar-refractivity contribution in [2.24, 2.45) is 0 Å². The Labute approximate surface area is 177 Å². The SMILES string of the molecule is CCC1(CC)c2cc(-c3ccccc3)ccc2-c2c1cc(O)c1ccc(OC)cc21. The van der Waals surface area contributed by atoms with Gasteiger partial charge in [-0.3, -0.25) is 0 Å². The molecule has 2 nitrogen and oxygen atoms in total. The molecule has 0 heterocycles. The van der Waals surface area contributed by atoms with Crippen molar-refractivity contribution >= 4 is 10.8 Å². The molecule has 0 fully saturated rings. The predicted molar refractivity (Wildman–Crippen MR) is 124 cm³/mol. The lowest BCUT2D eigenvalue weighted by Gasteiger charge is -2.30. The fourth-order valence-corrected chi connectivity index (χ4v) is 5.31. The maximum absolute atomic E-state index is 10.9. The summed E-state index contributed by atoms with van der Waals surface area (Å²) < 4.78 is 5.51. The fraction of sp³-hybridized carbons (Fsp3) is 0.214. The maximum Gasteiger partial charge on any atom is 0.123 e. The molecule has 0 atom stereocenters. The Morgan fingerprint density at radius 1 is 0.767 bits per heavy atom. The summed E-state index contributed by atoms with van der Waals surface area (Å²) in [4.78, 5) is 0. The van der Waals surface area contributed by atoms with E-state index in [2.05, 4.69) is 68.4 Å². The van der Waals surface area contributed by atoms with Gasteiger partial charge in [0.1, 0.15) is 11.5 Å². The zero-order chi connectivity index (χ0) is 20.9. The number of benzene rings is 4. The first-order valence-corrected chi connectivity index (χ1v) is 10.7. The molecule has 150 valence electrons. The highest BCUT2D eigenvalue weighted by atomic mass is 16.5. The van der Waals surface area contributed by atoms with Gasteiger partial charge in [0, 0.05) is 10.8 Å². The first-order chi connectivity index (χ1) is 14.6. The Balaban J connectivity index is 1.86. The highest BCUT2D eigenvalue weighted by molar-refractivity contribution is 6.06. The van der Waals surface area contributed by atoms with Crippen molar-refractivity contribution in [3.8, 4) is 33.8 Å². The van der Waals surface area contributed by atoms with Crippen molar-refractivity contribution in [1.82, 2.24) is 0 Å². The second kappa shape index (κ2) is 6.91. The molecule has 1 aliphatic carbocycles. The zero-order valence-corrected chi connectivity index (χ0v) is 17.7. The van der Waals surface area contributed by atoms with Crippen LogP contribution in [0.25, 0.3) is 33.0 Å². The van der Waals surface area contributed by atoms with Crippen LogP contribution in [0.4, 0.5) is 0 Å². The van der Waals surface area contributed by atoms with E-state index < -0.39 is 0 Å². The number of ether oxygens (including phenoxy) is 1. The number of methoxy groups -OCH3 is 1. The first-order valence-electron chi connectivity index (χ1n) is 10.7. The molecule has 5 rings (SSSR count). The van der Waals surface area contributed by atoms with Crippen LogP contribution in [0.15, 0.2) is 72.8 Å². The summed E-state index contributed by atoms with van der Waals surface area (Å²) in [7, 11) is 1.69. The van der Waals surface area contributed by atoms with E-state index in [-0.39, 0.29) is 5.41 Å². The van der Waals surface area contributed by atoms with Crippen LogP contribution < -0.4 is 4.74 Å². The Hall–Kier alpha value is -3.26. The molecule has 0 bridgehead atoms. The minimum absolute atomic E-state index is 0.107. The number of phenols is 1.